The second-order valence-corrected chi connectivity index (χ2v) is 8.75. The van der Waals surface area contributed by atoms with Crippen molar-refractivity contribution < 1.29 is 29.1 Å². The monoisotopic (exact) mass is 539 g/mol. The van der Waals surface area contributed by atoms with Crippen LogP contribution in [0.1, 0.15) is 23.0 Å². The fourth-order valence-corrected chi connectivity index (χ4v) is 3.72. The first-order valence-electron chi connectivity index (χ1n) is 11.3. The third-order valence-corrected chi connectivity index (χ3v) is 5.83. The number of anilines is 2. The molecule has 0 saturated heterocycles. The highest BCUT2D eigenvalue weighted by Gasteiger charge is 2.32. The number of rotatable bonds is 11. The minimum absolute atomic E-state index is 0.0375. The summed E-state index contributed by atoms with van der Waals surface area (Å²) in [5, 5.41) is 23.2. The van der Waals surface area contributed by atoms with Gasteiger partial charge in [0.25, 0.3) is 5.91 Å². The van der Waals surface area contributed by atoms with Gasteiger partial charge in [0.2, 0.25) is 11.8 Å². The van der Waals surface area contributed by atoms with Gasteiger partial charge in [-0.25, -0.2) is 14.8 Å². The number of carbonyl (C=O) groups is 5. The van der Waals surface area contributed by atoms with Gasteiger partial charge in [0.05, 0.1) is 12.5 Å². The summed E-state index contributed by atoms with van der Waals surface area (Å²) in [4.78, 5) is 68.9. The molecule has 13 nitrogen and oxygen atoms in total. The van der Waals surface area contributed by atoms with Crippen LogP contribution >= 0.6 is 11.3 Å². The van der Waals surface area contributed by atoms with E-state index in [4.69, 9.17) is 0 Å². The third-order valence-electron chi connectivity index (χ3n) is 5.07. The molecule has 2 atom stereocenters. The van der Waals surface area contributed by atoms with E-state index in [-0.39, 0.29) is 16.6 Å². The number of aromatic nitrogens is 2. The lowest BCUT2D eigenvalue weighted by Crippen LogP contribution is -2.52. The van der Waals surface area contributed by atoms with Crippen molar-refractivity contribution in [3.8, 4) is 0 Å². The average molecular weight is 540 g/mol. The van der Waals surface area contributed by atoms with Gasteiger partial charge >= 0.3 is 12.0 Å². The Bertz CT molecular complexity index is 1290. The average Bonchev–Trinajstić information content (AvgIpc) is 3.38. The summed E-state index contributed by atoms with van der Waals surface area (Å²) in [6, 6.07) is 12.1. The highest BCUT2D eigenvalue weighted by molar-refractivity contribution is 7.14. The van der Waals surface area contributed by atoms with E-state index < -0.39 is 48.2 Å². The number of hydrogen-bond acceptors (Lipinski definition) is 8. The third kappa shape index (κ3) is 8.37. The van der Waals surface area contributed by atoms with E-state index in [1.54, 1.807) is 12.1 Å². The molecule has 3 rings (SSSR count). The molecule has 0 radical (unpaired) electrons. The Kier molecular flexibility index (Phi) is 9.82. The highest BCUT2D eigenvalue weighted by atomic mass is 32.1. The van der Waals surface area contributed by atoms with Crippen LogP contribution in [-0.4, -0.2) is 57.4 Å². The predicted molar refractivity (Wildman–Crippen MR) is 138 cm³/mol. The summed E-state index contributed by atoms with van der Waals surface area (Å²) in [7, 11) is 0. The van der Waals surface area contributed by atoms with Crippen LogP contribution in [0.4, 0.5) is 15.7 Å². The zero-order valence-corrected chi connectivity index (χ0v) is 21.0. The van der Waals surface area contributed by atoms with Gasteiger partial charge in [-0.3, -0.25) is 24.5 Å². The second kappa shape index (κ2) is 13.5. The molecule has 2 heterocycles. The molecule has 14 heteroatoms. The lowest BCUT2D eigenvalue weighted by Gasteiger charge is -2.21. The van der Waals surface area contributed by atoms with Crippen LogP contribution in [0.3, 0.4) is 0 Å². The number of nitrogens with zero attached hydrogens (tertiary/aromatic N) is 2. The molecule has 0 aliphatic carbocycles. The van der Waals surface area contributed by atoms with Crippen molar-refractivity contribution in [3.05, 3.63) is 71.4 Å². The van der Waals surface area contributed by atoms with Crippen molar-refractivity contribution in [2.24, 2.45) is 5.92 Å². The SMILES string of the molecule is C[C@H](C(=O)O)C(NC(=O)CNC(=O)c1csc(NC(=O)NCc2ccccc2)n1)C(=O)Nc1ccccn1. The minimum atomic E-state index is -1.43. The molecule has 1 unspecified atom stereocenters. The number of carboxylic acids is 1. The Hall–Kier alpha value is -4.85. The molecule has 1 aromatic carbocycles. The lowest BCUT2D eigenvalue weighted by molar-refractivity contribution is -0.144. The molecule has 0 saturated carbocycles. The van der Waals surface area contributed by atoms with Gasteiger partial charge in [0.1, 0.15) is 17.6 Å². The number of carboxylic acid groups (broad SMARTS) is 1. The van der Waals surface area contributed by atoms with Gasteiger partial charge in [-0.1, -0.05) is 36.4 Å². The fraction of sp³-hybridized carbons (Fsp3) is 0.208. The Labute approximate surface area is 221 Å². The van der Waals surface area contributed by atoms with Crippen molar-refractivity contribution in [2.45, 2.75) is 19.5 Å². The maximum Gasteiger partial charge on any atom is 0.321 e. The number of amides is 5. The van der Waals surface area contributed by atoms with Crippen molar-refractivity contribution in [1.82, 2.24) is 25.9 Å². The van der Waals surface area contributed by atoms with E-state index >= 15 is 0 Å². The van der Waals surface area contributed by atoms with Crippen molar-refractivity contribution in [1.29, 1.82) is 0 Å². The smallest absolute Gasteiger partial charge is 0.321 e. The number of urea groups is 1. The normalized spacial score (nSPS) is 11.9. The van der Waals surface area contributed by atoms with E-state index in [2.05, 4.69) is 36.6 Å². The maximum atomic E-state index is 12.6. The van der Waals surface area contributed by atoms with Crippen LogP contribution in [-0.2, 0) is 20.9 Å². The summed E-state index contributed by atoms with van der Waals surface area (Å²) in [5.74, 6) is -4.65. The van der Waals surface area contributed by atoms with E-state index in [9.17, 15) is 29.1 Å². The Morgan fingerprint density at radius 1 is 0.974 bits per heavy atom. The summed E-state index contributed by atoms with van der Waals surface area (Å²) < 4.78 is 0. The number of nitrogens with one attached hydrogen (secondary N) is 5. The standard InChI is InChI=1S/C24H25N7O6S/c1-14(22(35)36)19(21(34)29-17-9-5-6-10-25-17)30-18(32)12-26-20(33)16-13-38-24(28-16)31-23(37)27-11-15-7-3-2-4-8-15/h2-10,13-14,19H,11-12H2,1H3,(H,26,33)(H,30,32)(H,35,36)(H,25,29,34)(H2,27,28,31,37)/t14-,19?/m0/s1. The second-order valence-electron chi connectivity index (χ2n) is 7.89. The van der Waals surface area contributed by atoms with Gasteiger partial charge < -0.3 is 26.4 Å². The van der Waals surface area contributed by atoms with E-state index in [1.807, 2.05) is 30.3 Å². The zero-order valence-electron chi connectivity index (χ0n) is 20.1. The molecule has 0 fully saturated rings. The molecule has 2 aromatic heterocycles. The summed E-state index contributed by atoms with van der Waals surface area (Å²) >= 11 is 1.02. The first-order valence-corrected chi connectivity index (χ1v) is 12.2. The Morgan fingerprint density at radius 2 is 1.71 bits per heavy atom. The number of benzene rings is 1. The highest BCUT2D eigenvalue weighted by Crippen LogP contribution is 2.15. The molecule has 0 spiro atoms. The van der Waals surface area contributed by atoms with Crippen LogP contribution in [0, 0.1) is 5.92 Å². The number of pyridine rings is 1. The van der Waals surface area contributed by atoms with Crippen molar-refractivity contribution in [3.63, 3.8) is 0 Å². The maximum absolute atomic E-state index is 12.6. The van der Waals surface area contributed by atoms with E-state index in [0.29, 0.717) is 6.54 Å². The number of thiazole rings is 1. The van der Waals surface area contributed by atoms with Gasteiger partial charge in [0.15, 0.2) is 5.13 Å². The van der Waals surface area contributed by atoms with Gasteiger partial charge in [-0.15, -0.1) is 11.3 Å². The van der Waals surface area contributed by atoms with Crippen LogP contribution in [0.25, 0.3) is 0 Å². The van der Waals surface area contributed by atoms with E-state index in [1.165, 1.54) is 24.6 Å². The summed E-state index contributed by atoms with van der Waals surface area (Å²) in [5.41, 5.74) is 0.874. The number of carbonyl (C=O) groups excluding carboxylic acids is 4. The van der Waals surface area contributed by atoms with Crippen LogP contribution in [0.5, 0.6) is 0 Å². The molecular formula is C24H25N7O6S. The Balaban J connectivity index is 1.49. The minimum Gasteiger partial charge on any atom is -0.481 e. The molecular weight excluding hydrogens is 514 g/mol. The lowest BCUT2D eigenvalue weighted by atomic mass is 10.0. The van der Waals surface area contributed by atoms with Gasteiger partial charge in [0, 0.05) is 18.1 Å². The van der Waals surface area contributed by atoms with Crippen LogP contribution in [0.15, 0.2) is 60.1 Å². The van der Waals surface area contributed by atoms with Crippen molar-refractivity contribution >= 4 is 52.0 Å². The number of hydrogen-bond donors (Lipinski definition) is 6. The molecule has 38 heavy (non-hydrogen) atoms. The van der Waals surface area contributed by atoms with Gasteiger partial charge in [-0.2, -0.15) is 0 Å². The summed E-state index contributed by atoms with van der Waals surface area (Å²) in [6.07, 6.45) is 1.44. The first kappa shape index (κ1) is 27.7. The zero-order chi connectivity index (χ0) is 27.5. The van der Waals surface area contributed by atoms with Gasteiger partial charge in [-0.05, 0) is 24.6 Å². The van der Waals surface area contributed by atoms with Crippen LogP contribution in [0.2, 0.25) is 0 Å². The molecule has 3 aromatic rings. The van der Waals surface area contributed by atoms with Crippen LogP contribution < -0.4 is 26.6 Å². The van der Waals surface area contributed by atoms with E-state index in [0.717, 1.165) is 16.9 Å². The number of aliphatic carboxylic acids is 1. The topological polar surface area (TPSA) is 192 Å². The molecule has 5 amide bonds. The predicted octanol–water partition coefficient (Wildman–Crippen LogP) is 1.43. The largest absolute Gasteiger partial charge is 0.481 e. The quantitative estimate of drug-likeness (QED) is 0.211. The first-order chi connectivity index (χ1) is 18.2. The molecule has 6 N–H and O–H groups in total. The molecule has 0 aliphatic heterocycles. The molecule has 0 bridgehead atoms. The molecule has 0 aliphatic rings. The molecule has 198 valence electrons. The summed E-state index contributed by atoms with van der Waals surface area (Å²) in [6.45, 7) is 1.03. The fourth-order valence-electron chi connectivity index (χ4n) is 3.03. The Morgan fingerprint density at radius 3 is 2.39 bits per heavy atom. The van der Waals surface area contributed by atoms with Crippen molar-refractivity contribution in [2.75, 3.05) is 17.2 Å².